The molecular formula is C22H23N5O2. The molecule has 29 heavy (non-hydrogen) atoms. The van der Waals surface area contributed by atoms with E-state index in [4.69, 9.17) is 20.4 Å². The van der Waals surface area contributed by atoms with Crippen LogP contribution >= 0.6 is 0 Å². The van der Waals surface area contributed by atoms with E-state index in [1.165, 1.54) is 0 Å². The topological polar surface area (TPSA) is 95.1 Å². The number of nitrogens with zero attached hydrogens (tertiary/aromatic N) is 3. The van der Waals surface area contributed by atoms with Gasteiger partial charge in [0.2, 0.25) is 0 Å². The lowest BCUT2D eigenvalue weighted by atomic mass is 10.2. The van der Waals surface area contributed by atoms with Crippen molar-refractivity contribution in [3.63, 3.8) is 0 Å². The van der Waals surface area contributed by atoms with Gasteiger partial charge in [0, 0.05) is 20.3 Å². The van der Waals surface area contributed by atoms with Crippen molar-refractivity contribution in [1.29, 1.82) is 0 Å². The number of benzene rings is 2. The largest absolute Gasteiger partial charge is 0.385 e. The lowest BCUT2D eigenvalue weighted by Crippen LogP contribution is -2.26. The molecule has 4 aromatic rings. The molecule has 0 aliphatic carbocycles. The molecule has 0 saturated carbocycles. The van der Waals surface area contributed by atoms with Crippen LogP contribution in [0, 0.1) is 0 Å². The summed E-state index contributed by atoms with van der Waals surface area (Å²) in [5, 5.41) is 2.91. The molecule has 148 valence electrons. The Bertz CT molecular complexity index is 1150. The van der Waals surface area contributed by atoms with Gasteiger partial charge in [-0.2, -0.15) is 0 Å². The number of nitrogen functional groups attached to an aromatic ring is 1. The number of ether oxygens (including phenoxy) is 1. The molecular weight excluding hydrogens is 366 g/mol. The number of fused-ring (bicyclic) bond motifs is 2. The lowest BCUT2D eigenvalue weighted by molar-refractivity contribution is 0.0951. The van der Waals surface area contributed by atoms with Gasteiger partial charge in [-0.1, -0.05) is 42.5 Å². The zero-order valence-electron chi connectivity index (χ0n) is 16.3. The van der Waals surface area contributed by atoms with Crippen LogP contribution in [0.3, 0.4) is 0 Å². The van der Waals surface area contributed by atoms with Crippen LogP contribution in [0.1, 0.15) is 22.3 Å². The van der Waals surface area contributed by atoms with Gasteiger partial charge < -0.3 is 20.4 Å². The molecule has 2 aromatic heterocycles. The van der Waals surface area contributed by atoms with Crippen LogP contribution in [0.25, 0.3) is 22.2 Å². The number of amides is 1. The quantitative estimate of drug-likeness (QED) is 0.474. The molecule has 0 bridgehead atoms. The zero-order chi connectivity index (χ0) is 20.2. The Morgan fingerprint density at radius 1 is 1.07 bits per heavy atom. The van der Waals surface area contributed by atoms with Crippen LogP contribution in [0.5, 0.6) is 0 Å². The molecule has 2 aromatic carbocycles. The molecule has 0 aliphatic rings. The molecule has 0 atom stereocenters. The summed E-state index contributed by atoms with van der Waals surface area (Å²) in [5.74, 6) is 0.114. The minimum Gasteiger partial charge on any atom is -0.385 e. The highest BCUT2D eigenvalue weighted by Gasteiger charge is 2.23. The second-order valence-corrected chi connectivity index (χ2v) is 6.82. The minimum atomic E-state index is -0.250. The summed E-state index contributed by atoms with van der Waals surface area (Å²) < 4.78 is 6.89. The summed E-state index contributed by atoms with van der Waals surface area (Å²) in [6.07, 6.45) is 0.722. The van der Waals surface area contributed by atoms with Gasteiger partial charge in [0.15, 0.2) is 5.65 Å². The van der Waals surface area contributed by atoms with Gasteiger partial charge in [-0.25, -0.2) is 9.97 Å². The Morgan fingerprint density at radius 2 is 1.76 bits per heavy atom. The maximum atomic E-state index is 12.9. The van der Waals surface area contributed by atoms with Crippen LogP contribution in [0.2, 0.25) is 0 Å². The van der Waals surface area contributed by atoms with E-state index in [-0.39, 0.29) is 5.91 Å². The first-order valence-electron chi connectivity index (χ1n) is 9.54. The van der Waals surface area contributed by atoms with Crippen LogP contribution in [0.15, 0.2) is 54.6 Å². The average Bonchev–Trinajstić information content (AvgIpc) is 3.01. The first-order valence-corrected chi connectivity index (χ1v) is 9.54. The van der Waals surface area contributed by atoms with Gasteiger partial charge in [-0.15, -0.1) is 0 Å². The predicted octanol–water partition coefficient (Wildman–Crippen LogP) is 2.98. The number of carbonyl (C=O) groups excluding carboxylic acids is 1. The standard InChI is InChI=1S/C22H23N5O2/c1-29-13-7-12-24-22(28)18-19-21(26-17-11-6-5-10-16(17)25-19)27(20(18)23)14-15-8-3-2-4-9-15/h2-6,8-11H,7,12-14,23H2,1H3,(H,24,28). The van der Waals surface area contributed by atoms with Crippen LogP contribution in [-0.4, -0.2) is 40.7 Å². The highest BCUT2D eigenvalue weighted by Crippen LogP contribution is 2.28. The normalized spacial score (nSPS) is 11.2. The molecule has 0 saturated heterocycles. The lowest BCUT2D eigenvalue weighted by Gasteiger charge is -2.08. The van der Waals surface area contributed by atoms with Gasteiger partial charge in [-0.05, 0) is 24.1 Å². The van der Waals surface area contributed by atoms with Crippen molar-refractivity contribution >= 4 is 33.9 Å². The summed E-state index contributed by atoms with van der Waals surface area (Å²) in [6, 6.07) is 17.6. The Hall–Kier alpha value is -3.45. The number of anilines is 1. The number of para-hydroxylation sites is 2. The summed E-state index contributed by atoms with van der Waals surface area (Å²) in [5.41, 5.74) is 10.5. The zero-order valence-corrected chi connectivity index (χ0v) is 16.3. The molecule has 3 N–H and O–H groups in total. The van der Waals surface area contributed by atoms with E-state index < -0.39 is 0 Å². The monoisotopic (exact) mass is 389 g/mol. The smallest absolute Gasteiger partial charge is 0.257 e. The van der Waals surface area contributed by atoms with Gasteiger partial charge >= 0.3 is 0 Å². The second kappa shape index (κ2) is 8.28. The van der Waals surface area contributed by atoms with E-state index in [9.17, 15) is 4.79 Å². The first kappa shape index (κ1) is 18.9. The summed E-state index contributed by atoms with van der Waals surface area (Å²) >= 11 is 0. The minimum absolute atomic E-state index is 0.250. The molecule has 0 spiro atoms. The van der Waals surface area contributed by atoms with Gasteiger partial charge in [0.1, 0.15) is 16.9 Å². The molecule has 4 rings (SSSR count). The maximum absolute atomic E-state index is 12.9. The first-order chi connectivity index (χ1) is 14.2. The van der Waals surface area contributed by atoms with Crippen molar-refractivity contribution in [3.8, 4) is 0 Å². The van der Waals surface area contributed by atoms with E-state index in [0.717, 1.165) is 23.0 Å². The van der Waals surface area contributed by atoms with E-state index in [1.54, 1.807) is 7.11 Å². The number of rotatable bonds is 7. The third kappa shape index (κ3) is 3.77. The Balaban J connectivity index is 1.82. The SMILES string of the molecule is COCCCNC(=O)c1c(N)n(Cc2ccccc2)c2nc3ccccc3nc12. The number of nitrogens with two attached hydrogens (primary N) is 1. The van der Waals surface area contributed by atoms with E-state index in [0.29, 0.717) is 42.2 Å². The van der Waals surface area contributed by atoms with Crippen molar-refractivity contribution in [2.75, 3.05) is 26.0 Å². The highest BCUT2D eigenvalue weighted by atomic mass is 16.5. The molecule has 1 amide bonds. The molecule has 0 radical (unpaired) electrons. The second-order valence-electron chi connectivity index (χ2n) is 6.82. The Labute approximate surface area is 168 Å². The van der Waals surface area contributed by atoms with Crippen LogP contribution in [0.4, 0.5) is 5.82 Å². The molecule has 7 nitrogen and oxygen atoms in total. The van der Waals surface area contributed by atoms with Gasteiger partial charge in [0.25, 0.3) is 5.91 Å². The number of methoxy groups -OCH3 is 1. The van der Waals surface area contributed by atoms with Gasteiger partial charge in [-0.3, -0.25) is 4.79 Å². The highest BCUT2D eigenvalue weighted by molar-refractivity contribution is 6.10. The van der Waals surface area contributed by atoms with Crippen molar-refractivity contribution < 1.29 is 9.53 Å². The molecule has 0 fully saturated rings. The number of aromatic nitrogens is 3. The van der Waals surface area contributed by atoms with E-state index >= 15 is 0 Å². The Morgan fingerprint density at radius 3 is 2.48 bits per heavy atom. The van der Waals surface area contributed by atoms with E-state index in [1.807, 2.05) is 59.2 Å². The maximum Gasteiger partial charge on any atom is 0.257 e. The fraction of sp³-hybridized carbons (Fsp3) is 0.227. The molecule has 0 aliphatic heterocycles. The molecule has 7 heteroatoms. The summed E-state index contributed by atoms with van der Waals surface area (Å²) in [6.45, 7) is 1.58. The average molecular weight is 389 g/mol. The number of hydrogen-bond acceptors (Lipinski definition) is 5. The number of carbonyl (C=O) groups is 1. The molecule has 0 unspecified atom stereocenters. The van der Waals surface area contributed by atoms with E-state index in [2.05, 4.69) is 5.32 Å². The molecule has 2 heterocycles. The van der Waals surface area contributed by atoms with Crippen LogP contribution < -0.4 is 11.1 Å². The third-order valence-corrected chi connectivity index (χ3v) is 4.81. The fourth-order valence-electron chi connectivity index (χ4n) is 3.37. The third-order valence-electron chi connectivity index (χ3n) is 4.81. The van der Waals surface area contributed by atoms with Crippen molar-refractivity contribution in [1.82, 2.24) is 19.9 Å². The van der Waals surface area contributed by atoms with Crippen molar-refractivity contribution in [2.24, 2.45) is 0 Å². The summed E-state index contributed by atoms with van der Waals surface area (Å²) in [4.78, 5) is 22.4. The fourth-order valence-corrected chi connectivity index (χ4v) is 3.37. The number of nitrogens with one attached hydrogen (secondary N) is 1. The predicted molar refractivity (Wildman–Crippen MR) is 114 cm³/mol. The van der Waals surface area contributed by atoms with Gasteiger partial charge in [0.05, 0.1) is 17.6 Å². The van der Waals surface area contributed by atoms with Crippen LogP contribution in [-0.2, 0) is 11.3 Å². The number of hydrogen-bond donors (Lipinski definition) is 2. The van der Waals surface area contributed by atoms with Crippen molar-refractivity contribution in [2.45, 2.75) is 13.0 Å². The van der Waals surface area contributed by atoms with Crippen molar-refractivity contribution in [3.05, 3.63) is 65.7 Å². The Kier molecular flexibility index (Phi) is 5.39. The summed E-state index contributed by atoms with van der Waals surface area (Å²) in [7, 11) is 1.64.